The number of nitrogens with zero attached hydrogens (tertiary/aromatic N) is 1. The van der Waals surface area contributed by atoms with Crippen LogP contribution in [0.4, 0.5) is 4.79 Å². The SMILES string of the molecule is C[C@H](COC(C)(C)C)NC(=O)N(C)C(CO)CC(C)(C)C. The van der Waals surface area contributed by atoms with E-state index in [2.05, 4.69) is 26.1 Å². The van der Waals surface area contributed by atoms with E-state index in [1.165, 1.54) is 0 Å². The first-order valence-electron chi connectivity index (χ1n) is 7.64. The van der Waals surface area contributed by atoms with Crippen molar-refractivity contribution in [3.8, 4) is 0 Å². The zero-order chi connectivity index (χ0) is 16.8. The molecule has 0 bridgehead atoms. The van der Waals surface area contributed by atoms with Crippen LogP contribution in [0.1, 0.15) is 54.9 Å². The summed E-state index contributed by atoms with van der Waals surface area (Å²) in [4.78, 5) is 13.8. The summed E-state index contributed by atoms with van der Waals surface area (Å²) in [7, 11) is 1.72. The standard InChI is InChI=1S/C16H34N2O3/c1-12(11-21-16(5,6)7)17-14(20)18(8)13(10-19)9-15(2,3)4/h12-13,19H,9-11H2,1-8H3,(H,17,20)/t12-,13?/m1/s1. The van der Waals surface area contributed by atoms with Crippen LogP contribution in [-0.4, -0.2) is 54.0 Å². The van der Waals surface area contributed by atoms with Crippen LogP contribution in [0.5, 0.6) is 0 Å². The summed E-state index contributed by atoms with van der Waals surface area (Å²) in [5.74, 6) is 0. The summed E-state index contributed by atoms with van der Waals surface area (Å²) in [6.07, 6.45) is 0.750. The lowest BCUT2D eigenvalue weighted by atomic mass is 9.88. The summed E-state index contributed by atoms with van der Waals surface area (Å²) in [6.45, 7) is 14.6. The molecule has 5 heteroatoms. The second kappa shape index (κ2) is 7.99. The average Bonchev–Trinajstić information content (AvgIpc) is 2.30. The highest BCUT2D eigenvalue weighted by Crippen LogP contribution is 2.23. The number of carbonyl (C=O) groups excluding carboxylic acids is 1. The summed E-state index contributed by atoms with van der Waals surface area (Å²) < 4.78 is 5.66. The number of amides is 2. The largest absolute Gasteiger partial charge is 0.394 e. The lowest BCUT2D eigenvalue weighted by molar-refractivity contribution is -0.0117. The van der Waals surface area contributed by atoms with Crippen LogP contribution >= 0.6 is 0 Å². The lowest BCUT2D eigenvalue weighted by Crippen LogP contribution is -2.50. The maximum Gasteiger partial charge on any atom is 0.317 e. The molecular weight excluding hydrogens is 268 g/mol. The Morgan fingerprint density at radius 2 is 1.76 bits per heavy atom. The lowest BCUT2D eigenvalue weighted by Gasteiger charge is -2.33. The topological polar surface area (TPSA) is 61.8 Å². The Morgan fingerprint density at radius 1 is 1.24 bits per heavy atom. The monoisotopic (exact) mass is 302 g/mol. The molecule has 1 unspecified atom stereocenters. The van der Waals surface area contributed by atoms with Gasteiger partial charge in [-0.3, -0.25) is 0 Å². The number of aliphatic hydroxyl groups excluding tert-OH is 1. The number of rotatable bonds is 6. The molecule has 2 N–H and O–H groups in total. The molecule has 0 saturated carbocycles. The molecule has 0 radical (unpaired) electrons. The van der Waals surface area contributed by atoms with Crippen LogP contribution in [0.25, 0.3) is 0 Å². The van der Waals surface area contributed by atoms with Gasteiger partial charge in [-0.05, 0) is 39.5 Å². The highest BCUT2D eigenvalue weighted by atomic mass is 16.5. The van der Waals surface area contributed by atoms with Crippen molar-refractivity contribution in [2.45, 2.75) is 72.6 Å². The number of likely N-dealkylation sites (N-methyl/N-ethyl adjacent to an activating group) is 1. The third-order valence-electron chi connectivity index (χ3n) is 3.06. The number of hydrogen-bond donors (Lipinski definition) is 2. The fraction of sp³-hybridized carbons (Fsp3) is 0.938. The molecule has 21 heavy (non-hydrogen) atoms. The Labute approximate surface area is 130 Å². The highest BCUT2D eigenvalue weighted by Gasteiger charge is 2.25. The second-order valence-electron chi connectivity index (χ2n) is 7.99. The van der Waals surface area contributed by atoms with E-state index in [9.17, 15) is 9.90 Å². The van der Waals surface area contributed by atoms with Gasteiger partial charge in [-0.15, -0.1) is 0 Å². The second-order valence-corrected chi connectivity index (χ2v) is 7.99. The number of urea groups is 1. The van der Waals surface area contributed by atoms with Gasteiger partial charge in [0.05, 0.1) is 30.9 Å². The molecule has 0 fully saturated rings. The summed E-state index contributed by atoms with van der Waals surface area (Å²) in [6, 6.07) is -0.433. The molecule has 5 nitrogen and oxygen atoms in total. The Bertz CT molecular complexity index is 318. The van der Waals surface area contributed by atoms with Crippen molar-refractivity contribution >= 4 is 6.03 Å². The van der Waals surface area contributed by atoms with Gasteiger partial charge in [0, 0.05) is 7.05 Å². The van der Waals surface area contributed by atoms with E-state index < -0.39 is 0 Å². The van der Waals surface area contributed by atoms with E-state index in [1.54, 1.807) is 11.9 Å². The number of aliphatic hydroxyl groups is 1. The van der Waals surface area contributed by atoms with Gasteiger partial charge in [0.1, 0.15) is 0 Å². The highest BCUT2D eigenvalue weighted by molar-refractivity contribution is 5.74. The quantitative estimate of drug-likeness (QED) is 0.793. The Hall–Kier alpha value is -0.810. The molecule has 0 saturated heterocycles. The molecule has 2 amide bonds. The third-order valence-corrected chi connectivity index (χ3v) is 3.06. The van der Waals surface area contributed by atoms with Crippen LogP contribution < -0.4 is 5.32 Å². The van der Waals surface area contributed by atoms with Crippen molar-refractivity contribution < 1.29 is 14.6 Å². The van der Waals surface area contributed by atoms with E-state index in [1.807, 2.05) is 27.7 Å². The maximum absolute atomic E-state index is 12.2. The fourth-order valence-corrected chi connectivity index (χ4v) is 1.93. The van der Waals surface area contributed by atoms with Gasteiger partial charge < -0.3 is 20.1 Å². The normalized spacial score (nSPS) is 15.5. The predicted octanol–water partition coefficient (Wildman–Crippen LogP) is 2.63. The van der Waals surface area contributed by atoms with Crippen molar-refractivity contribution in [1.82, 2.24) is 10.2 Å². The molecular formula is C16H34N2O3. The first-order valence-corrected chi connectivity index (χ1v) is 7.64. The van der Waals surface area contributed by atoms with E-state index in [-0.39, 0.29) is 35.7 Å². The molecule has 0 aromatic rings. The Balaban J connectivity index is 4.42. The smallest absolute Gasteiger partial charge is 0.317 e. The van der Waals surface area contributed by atoms with Gasteiger partial charge in [0.2, 0.25) is 0 Å². The fourth-order valence-electron chi connectivity index (χ4n) is 1.93. The van der Waals surface area contributed by atoms with Crippen molar-refractivity contribution in [3.05, 3.63) is 0 Å². The third kappa shape index (κ3) is 9.69. The molecule has 0 aliphatic heterocycles. The van der Waals surface area contributed by atoms with Gasteiger partial charge in [-0.2, -0.15) is 0 Å². The summed E-state index contributed by atoms with van der Waals surface area (Å²) >= 11 is 0. The van der Waals surface area contributed by atoms with Gasteiger partial charge in [0.25, 0.3) is 0 Å². The Kier molecular flexibility index (Phi) is 7.68. The molecule has 0 heterocycles. The molecule has 0 aliphatic carbocycles. The minimum atomic E-state index is -0.218. The van der Waals surface area contributed by atoms with Gasteiger partial charge in [-0.1, -0.05) is 20.8 Å². The van der Waals surface area contributed by atoms with Crippen LogP contribution in [0.15, 0.2) is 0 Å². The molecule has 2 atom stereocenters. The maximum atomic E-state index is 12.2. The van der Waals surface area contributed by atoms with E-state index in [0.717, 1.165) is 6.42 Å². The molecule has 0 rings (SSSR count). The minimum Gasteiger partial charge on any atom is -0.394 e. The zero-order valence-electron chi connectivity index (χ0n) is 15.0. The number of carbonyl (C=O) groups is 1. The van der Waals surface area contributed by atoms with E-state index in [4.69, 9.17) is 4.74 Å². The number of ether oxygens (including phenoxy) is 1. The van der Waals surface area contributed by atoms with Crippen molar-refractivity contribution in [2.75, 3.05) is 20.3 Å². The van der Waals surface area contributed by atoms with Crippen LogP contribution in [0.2, 0.25) is 0 Å². The number of nitrogens with one attached hydrogen (secondary N) is 1. The van der Waals surface area contributed by atoms with Crippen molar-refractivity contribution in [2.24, 2.45) is 5.41 Å². The summed E-state index contributed by atoms with van der Waals surface area (Å²) in [5.41, 5.74) is -0.159. The first-order chi connectivity index (χ1) is 9.35. The van der Waals surface area contributed by atoms with Gasteiger partial charge in [0.15, 0.2) is 0 Å². The van der Waals surface area contributed by atoms with Crippen molar-refractivity contribution in [3.63, 3.8) is 0 Å². The first kappa shape index (κ1) is 20.2. The summed E-state index contributed by atoms with van der Waals surface area (Å²) in [5, 5.41) is 12.4. The van der Waals surface area contributed by atoms with Gasteiger partial charge >= 0.3 is 6.03 Å². The zero-order valence-corrected chi connectivity index (χ0v) is 15.0. The number of hydrogen-bond acceptors (Lipinski definition) is 3. The average molecular weight is 302 g/mol. The van der Waals surface area contributed by atoms with E-state index in [0.29, 0.717) is 6.61 Å². The molecule has 0 aromatic heterocycles. The molecule has 0 aromatic carbocycles. The van der Waals surface area contributed by atoms with Crippen molar-refractivity contribution in [1.29, 1.82) is 0 Å². The predicted molar refractivity (Wildman–Crippen MR) is 86.4 cm³/mol. The van der Waals surface area contributed by atoms with E-state index >= 15 is 0 Å². The molecule has 0 spiro atoms. The van der Waals surface area contributed by atoms with Crippen LogP contribution in [-0.2, 0) is 4.74 Å². The minimum absolute atomic E-state index is 0.0337. The van der Waals surface area contributed by atoms with Gasteiger partial charge in [-0.25, -0.2) is 4.79 Å². The molecule has 126 valence electrons. The van der Waals surface area contributed by atoms with Crippen LogP contribution in [0, 0.1) is 5.41 Å². The van der Waals surface area contributed by atoms with Crippen LogP contribution in [0.3, 0.4) is 0 Å². The Morgan fingerprint density at radius 3 is 2.14 bits per heavy atom. The molecule has 0 aliphatic rings.